The lowest BCUT2D eigenvalue weighted by molar-refractivity contribution is 0.0987. The van der Waals surface area contributed by atoms with Gasteiger partial charge in [-0.3, -0.25) is 4.79 Å². The minimum absolute atomic E-state index is 0.0919. The van der Waals surface area contributed by atoms with Crippen molar-refractivity contribution >= 4 is 17.5 Å². The quantitative estimate of drug-likeness (QED) is 0.437. The van der Waals surface area contributed by atoms with Crippen molar-refractivity contribution in [2.45, 2.75) is 31.5 Å². The van der Waals surface area contributed by atoms with E-state index in [1.165, 1.54) is 11.8 Å². The van der Waals surface area contributed by atoms with Crippen LogP contribution in [0.4, 0.5) is 0 Å². The number of aryl methyl sites for hydroxylation is 1. The number of rotatable bonds is 9. The van der Waals surface area contributed by atoms with E-state index in [9.17, 15) is 9.90 Å². The van der Waals surface area contributed by atoms with Crippen molar-refractivity contribution in [1.82, 2.24) is 20.2 Å². The lowest BCUT2D eigenvalue weighted by Gasteiger charge is -2.12. The van der Waals surface area contributed by atoms with E-state index in [2.05, 4.69) is 15.5 Å². The van der Waals surface area contributed by atoms with Gasteiger partial charge in [0.2, 0.25) is 5.16 Å². The zero-order valence-electron chi connectivity index (χ0n) is 15.8. The number of benzene rings is 2. The molecule has 7 nitrogen and oxygen atoms in total. The van der Waals surface area contributed by atoms with E-state index >= 15 is 0 Å². The summed E-state index contributed by atoms with van der Waals surface area (Å²) < 4.78 is 7.24. The number of aromatic nitrogens is 4. The Morgan fingerprint density at radius 3 is 2.57 bits per heavy atom. The van der Waals surface area contributed by atoms with Crippen molar-refractivity contribution in [3.63, 3.8) is 0 Å². The molecule has 1 N–H and O–H groups in total. The fraction of sp³-hybridized carbons (Fsp3) is 0.300. The van der Waals surface area contributed by atoms with E-state index in [0.29, 0.717) is 28.6 Å². The van der Waals surface area contributed by atoms with Gasteiger partial charge in [0.05, 0.1) is 11.8 Å². The van der Waals surface area contributed by atoms with Gasteiger partial charge in [0.15, 0.2) is 5.78 Å². The predicted octanol–water partition coefficient (Wildman–Crippen LogP) is 3.10. The van der Waals surface area contributed by atoms with Crippen molar-refractivity contribution in [2.75, 3.05) is 12.4 Å². The van der Waals surface area contributed by atoms with Crippen LogP contribution in [0.5, 0.6) is 5.75 Å². The first-order valence-corrected chi connectivity index (χ1v) is 9.97. The molecule has 1 heterocycles. The number of aliphatic hydroxyl groups is 1. The van der Waals surface area contributed by atoms with Gasteiger partial charge in [0.1, 0.15) is 12.4 Å². The minimum Gasteiger partial charge on any atom is -0.491 e. The highest BCUT2D eigenvalue weighted by atomic mass is 32.2. The molecule has 1 aromatic heterocycles. The molecule has 8 heteroatoms. The normalized spacial score (nSPS) is 12.0. The summed E-state index contributed by atoms with van der Waals surface area (Å²) in [7, 11) is 0. The lowest BCUT2D eigenvalue weighted by Crippen LogP contribution is -2.20. The molecule has 3 rings (SSSR count). The summed E-state index contributed by atoms with van der Waals surface area (Å²) in [6, 6.07) is 14.8. The first kappa shape index (κ1) is 20.0. The smallest absolute Gasteiger partial charge is 0.214 e. The number of carbonyl (C=O) groups is 1. The van der Waals surface area contributed by atoms with Crippen molar-refractivity contribution in [1.29, 1.82) is 0 Å². The number of ketones is 1. The number of hydrogen-bond donors (Lipinski definition) is 1. The highest BCUT2D eigenvalue weighted by molar-refractivity contribution is 7.99. The largest absolute Gasteiger partial charge is 0.491 e. The summed E-state index contributed by atoms with van der Waals surface area (Å²) in [5, 5.41) is 22.6. The molecule has 0 aliphatic heterocycles. The third-order valence-electron chi connectivity index (χ3n) is 4.06. The van der Waals surface area contributed by atoms with Crippen LogP contribution in [-0.2, 0) is 0 Å². The van der Waals surface area contributed by atoms with Crippen LogP contribution in [0.1, 0.15) is 29.3 Å². The number of hydrogen-bond acceptors (Lipinski definition) is 7. The Hall–Kier alpha value is -2.71. The number of carbonyl (C=O) groups excluding carboxylic acids is 1. The molecule has 0 spiro atoms. The van der Waals surface area contributed by atoms with Crippen LogP contribution in [-0.4, -0.2) is 49.6 Å². The number of tetrazole rings is 1. The zero-order valence-corrected chi connectivity index (χ0v) is 16.6. The van der Waals surface area contributed by atoms with Crippen LogP contribution in [0.25, 0.3) is 5.69 Å². The van der Waals surface area contributed by atoms with Crippen LogP contribution < -0.4 is 4.74 Å². The number of thioether (sulfide) groups is 1. The summed E-state index contributed by atoms with van der Waals surface area (Å²) >= 11 is 1.36. The second-order valence-corrected chi connectivity index (χ2v) is 7.27. The molecule has 28 heavy (non-hydrogen) atoms. The van der Waals surface area contributed by atoms with Gasteiger partial charge in [0, 0.05) is 17.7 Å². The third kappa shape index (κ3) is 5.17. The molecule has 0 unspecified atom stereocenters. The lowest BCUT2D eigenvalue weighted by atomic mass is 10.1. The van der Waals surface area contributed by atoms with Crippen molar-refractivity contribution < 1.29 is 14.6 Å². The van der Waals surface area contributed by atoms with Gasteiger partial charge in [-0.25, -0.2) is 0 Å². The maximum atomic E-state index is 11.6. The summed E-state index contributed by atoms with van der Waals surface area (Å²) in [5.74, 6) is 1.09. The molecule has 0 aliphatic carbocycles. The Morgan fingerprint density at radius 2 is 1.89 bits per heavy atom. The summed E-state index contributed by atoms with van der Waals surface area (Å²) in [6.45, 7) is 3.99. The van der Waals surface area contributed by atoms with Gasteiger partial charge in [-0.2, -0.15) is 4.68 Å². The fourth-order valence-electron chi connectivity index (χ4n) is 2.47. The molecule has 3 aromatic rings. The first-order chi connectivity index (χ1) is 13.6. The predicted molar refractivity (Wildman–Crippen MR) is 107 cm³/mol. The Morgan fingerprint density at radius 1 is 1.18 bits per heavy atom. The molecule has 0 saturated heterocycles. The first-order valence-electron chi connectivity index (χ1n) is 8.99. The van der Waals surface area contributed by atoms with Gasteiger partial charge in [-0.15, -0.1) is 5.10 Å². The van der Waals surface area contributed by atoms with Crippen LogP contribution >= 0.6 is 11.8 Å². The van der Waals surface area contributed by atoms with E-state index in [4.69, 9.17) is 4.74 Å². The van der Waals surface area contributed by atoms with Gasteiger partial charge in [-0.05, 0) is 53.7 Å². The second-order valence-electron chi connectivity index (χ2n) is 6.29. The van der Waals surface area contributed by atoms with Gasteiger partial charge in [-0.1, -0.05) is 36.4 Å². The topological polar surface area (TPSA) is 90.1 Å². The molecule has 1 atom stereocenters. The Kier molecular flexibility index (Phi) is 6.78. The molecular weight excluding hydrogens is 376 g/mol. The van der Waals surface area contributed by atoms with Crippen molar-refractivity contribution in [3.8, 4) is 11.4 Å². The summed E-state index contributed by atoms with van der Waals surface area (Å²) in [4.78, 5) is 11.6. The van der Waals surface area contributed by atoms with E-state index < -0.39 is 6.10 Å². The molecule has 0 bridgehead atoms. The number of aliphatic hydroxyl groups excluding tert-OH is 1. The van der Waals surface area contributed by atoms with Gasteiger partial charge >= 0.3 is 0 Å². The maximum absolute atomic E-state index is 11.6. The van der Waals surface area contributed by atoms with Crippen LogP contribution in [0.15, 0.2) is 53.7 Å². The molecule has 146 valence electrons. The van der Waals surface area contributed by atoms with E-state index in [0.717, 1.165) is 11.3 Å². The molecule has 0 aliphatic rings. The highest BCUT2D eigenvalue weighted by Gasteiger charge is 2.13. The Labute approximate surface area is 167 Å². The van der Waals surface area contributed by atoms with Crippen molar-refractivity contribution in [2.24, 2.45) is 0 Å². The van der Waals surface area contributed by atoms with Crippen molar-refractivity contribution in [3.05, 3.63) is 59.7 Å². The van der Waals surface area contributed by atoms with Gasteiger partial charge < -0.3 is 9.84 Å². The molecule has 0 saturated carbocycles. The standard InChI is InChI=1S/C20H22N4O3S/c1-3-19(26)15-6-10-18(11-7-15)27-12-17(25)13-28-20-21-22-23-24(20)16-8-4-14(2)5-9-16/h4-11,17,25H,3,12-13H2,1-2H3/t17-/m0/s1. The Balaban J connectivity index is 1.51. The van der Waals surface area contributed by atoms with Crippen LogP contribution in [0, 0.1) is 6.92 Å². The highest BCUT2D eigenvalue weighted by Crippen LogP contribution is 2.20. The average molecular weight is 398 g/mol. The summed E-state index contributed by atoms with van der Waals surface area (Å²) in [5.41, 5.74) is 2.69. The van der Waals surface area contributed by atoms with E-state index in [1.54, 1.807) is 28.9 Å². The SMILES string of the molecule is CCC(=O)c1ccc(OC[C@H](O)CSc2nnnn2-c2ccc(C)cc2)cc1. The van der Waals surface area contributed by atoms with Crippen LogP contribution in [0.2, 0.25) is 0 Å². The molecule has 0 radical (unpaired) electrons. The minimum atomic E-state index is -0.690. The maximum Gasteiger partial charge on any atom is 0.214 e. The average Bonchev–Trinajstić information content (AvgIpc) is 3.19. The van der Waals surface area contributed by atoms with Gasteiger partial charge in [0.25, 0.3) is 0 Å². The third-order valence-corrected chi connectivity index (χ3v) is 5.13. The molecule has 2 aromatic carbocycles. The van der Waals surface area contributed by atoms with Crippen LogP contribution in [0.3, 0.4) is 0 Å². The molecule has 0 amide bonds. The fourth-order valence-corrected chi connectivity index (χ4v) is 3.27. The Bertz CT molecular complexity index is 910. The molecule has 0 fully saturated rings. The number of ether oxygens (including phenoxy) is 1. The zero-order chi connectivity index (χ0) is 19.9. The molecular formula is C20H22N4O3S. The summed E-state index contributed by atoms with van der Waals surface area (Å²) in [6.07, 6.45) is -0.219. The number of Topliss-reactive ketones (excluding diaryl/α,β-unsaturated/α-hetero) is 1. The number of nitrogens with zero attached hydrogens (tertiary/aromatic N) is 4. The van der Waals surface area contributed by atoms with E-state index in [1.807, 2.05) is 38.1 Å². The van der Waals surface area contributed by atoms with E-state index in [-0.39, 0.29) is 12.4 Å². The second kappa shape index (κ2) is 9.48. The monoisotopic (exact) mass is 398 g/mol.